The van der Waals surface area contributed by atoms with Crippen LogP contribution in [-0.4, -0.2) is 10.5 Å². The predicted octanol–water partition coefficient (Wildman–Crippen LogP) is 2.63. The molecule has 1 aromatic rings. The number of fused-ring (bicyclic) bond motifs is 2. The predicted molar refractivity (Wildman–Crippen MR) is 59.4 cm³/mol. The van der Waals surface area contributed by atoms with Crippen LogP contribution in [0.15, 0.2) is 42.0 Å². The van der Waals surface area contributed by atoms with E-state index in [2.05, 4.69) is 35.1 Å². The summed E-state index contributed by atoms with van der Waals surface area (Å²) in [7, 11) is 0. The molecule has 0 aromatic heterocycles. The molecule has 0 unspecified atom stereocenters. The van der Waals surface area contributed by atoms with Crippen molar-refractivity contribution in [3.63, 3.8) is 0 Å². The molecule has 0 aliphatic heterocycles. The van der Waals surface area contributed by atoms with E-state index in [1.807, 2.05) is 6.08 Å². The van der Waals surface area contributed by atoms with Gasteiger partial charge in [-0.3, -0.25) is 0 Å². The van der Waals surface area contributed by atoms with Crippen LogP contribution in [0.25, 0.3) is 11.1 Å². The summed E-state index contributed by atoms with van der Waals surface area (Å²) in [5.74, 6) is 0. The molecule has 0 saturated carbocycles. The normalized spacial score (nSPS) is 17.5. The van der Waals surface area contributed by atoms with Gasteiger partial charge in [0.15, 0.2) is 0 Å². The molecule has 2 aliphatic carbocycles. The lowest BCUT2D eigenvalue weighted by atomic mass is 9.97. The third kappa shape index (κ3) is 1.19. The molecule has 0 fully saturated rings. The second-order valence-electron chi connectivity index (χ2n) is 3.95. The summed E-state index contributed by atoms with van der Waals surface area (Å²) in [6, 6.07) is 8.46. The second kappa shape index (κ2) is 3.04. The van der Waals surface area contributed by atoms with Crippen LogP contribution in [0, 0.1) is 0 Å². The highest BCUT2D eigenvalue weighted by Crippen LogP contribution is 2.37. The van der Waals surface area contributed by atoms with Gasteiger partial charge in [0, 0.05) is 6.08 Å². The molecular formula is C13H10N2. The highest BCUT2D eigenvalue weighted by Gasteiger charge is 2.25. The van der Waals surface area contributed by atoms with E-state index >= 15 is 0 Å². The van der Waals surface area contributed by atoms with Crippen LogP contribution in [0.1, 0.15) is 17.5 Å². The minimum absolute atomic E-state index is 0.751. The monoisotopic (exact) mass is 194 g/mol. The summed E-state index contributed by atoms with van der Waals surface area (Å²) in [6.45, 7) is 0. The van der Waals surface area contributed by atoms with Gasteiger partial charge in [-0.05, 0) is 34.8 Å². The van der Waals surface area contributed by atoms with Crippen molar-refractivity contribution in [2.24, 2.45) is 0 Å². The second-order valence-corrected chi connectivity index (χ2v) is 3.95. The van der Waals surface area contributed by atoms with Crippen molar-refractivity contribution in [2.45, 2.75) is 12.8 Å². The van der Waals surface area contributed by atoms with Crippen LogP contribution in [0.4, 0.5) is 0 Å². The van der Waals surface area contributed by atoms with Gasteiger partial charge >= 0.3 is 0 Å². The van der Waals surface area contributed by atoms with E-state index in [9.17, 15) is 0 Å². The van der Waals surface area contributed by atoms with Gasteiger partial charge in [0.25, 0.3) is 5.71 Å². The highest BCUT2D eigenvalue weighted by molar-refractivity contribution is 6.01. The van der Waals surface area contributed by atoms with Crippen LogP contribution in [0.5, 0.6) is 0 Å². The Morgan fingerprint density at radius 2 is 1.93 bits per heavy atom. The van der Waals surface area contributed by atoms with Crippen molar-refractivity contribution in [1.29, 1.82) is 0 Å². The fourth-order valence-corrected chi connectivity index (χ4v) is 2.34. The van der Waals surface area contributed by atoms with Crippen molar-refractivity contribution < 1.29 is 4.79 Å². The van der Waals surface area contributed by atoms with Crippen LogP contribution in [0.2, 0.25) is 0 Å². The number of hydrogen-bond donors (Lipinski definition) is 0. The van der Waals surface area contributed by atoms with Gasteiger partial charge in [-0.1, -0.05) is 24.3 Å². The summed E-state index contributed by atoms with van der Waals surface area (Å²) in [5.41, 5.74) is 14.9. The molecule has 15 heavy (non-hydrogen) atoms. The molecule has 72 valence electrons. The van der Waals surface area contributed by atoms with Crippen molar-refractivity contribution in [2.75, 3.05) is 0 Å². The zero-order chi connectivity index (χ0) is 10.3. The van der Waals surface area contributed by atoms with E-state index < -0.39 is 0 Å². The Kier molecular flexibility index (Phi) is 1.70. The van der Waals surface area contributed by atoms with E-state index in [1.54, 1.807) is 0 Å². The third-order valence-corrected chi connectivity index (χ3v) is 3.06. The molecule has 0 heterocycles. The summed E-state index contributed by atoms with van der Waals surface area (Å²) >= 11 is 0. The first-order valence-corrected chi connectivity index (χ1v) is 5.08. The average Bonchev–Trinajstić information content (AvgIpc) is 2.66. The highest BCUT2D eigenvalue weighted by atomic mass is 14.9. The first kappa shape index (κ1) is 8.39. The fraction of sp³-hybridized carbons (Fsp3) is 0.154. The fourth-order valence-electron chi connectivity index (χ4n) is 2.34. The zero-order valence-corrected chi connectivity index (χ0v) is 8.27. The van der Waals surface area contributed by atoms with Crippen LogP contribution in [0.3, 0.4) is 0 Å². The molecule has 0 atom stereocenters. The van der Waals surface area contributed by atoms with Crippen molar-refractivity contribution >= 4 is 11.3 Å². The van der Waals surface area contributed by atoms with Gasteiger partial charge in [0.1, 0.15) is 0 Å². The van der Waals surface area contributed by atoms with E-state index in [1.165, 1.54) is 22.3 Å². The molecule has 0 saturated heterocycles. The molecular weight excluding hydrogens is 184 g/mol. The molecule has 0 radical (unpaired) electrons. The standard InChI is InChI=1S/C13H10N2/c14-15-11-5-6-13-10(8-11)7-9-3-1-2-4-12(9)13/h1-6H,7-8H2. The van der Waals surface area contributed by atoms with Crippen molar-refractivity contribution in [3.8, 4) is 0 Å². The van der Waals surface area contributed by atoms with E-state index in [0.29, 0.717) is 0 Å². The number of allylic oxidation sites excluding steroid dienone is 4. The number of benzene rings is 1. The van der Waals surface area contributed by atoms with Gasteiger partial charge in [0.05, 0.1) is 6.42 Å². The minimum atomic E-state index is 0.751. The summed E-state index contributed by atoms with van der Waals surface area (Å²) in [5, 5.41) is 0. The molecule has 2 aliphatic rings. The average molecular weight is 194 g/mol. The maximum Gasteiger partial charge on any atom is 0.296 e. The lowest BCUT2D eigenvalue weighted by Gasteiger charge is -2.04. The molecule has 0 bridgehead atoms. The summed E-state index contributed by atoms with van der Waals surface area (Å²) in [6.07, 6.45) is 5.71. The van der Waals surface area contributed by atoms with E-state index in [4.69, 9.17) is 5.53 Å². The third-order valence-electron chi connectivity index (χ3n) is 3.06. The summed E-state index contributed by atoms with van der Waals surface area (Å²) < 4.78 is 0. The summed E-state index contributed by atoms with van der Waals surface area (Å²) in [4.78, 5) is 3.27. The molecule has 2 heteroatoms. The van der Waals surface area contributed by atoms with Crippen LogP contribution in [-0.2, 0) is 6.42 Å². The molecule has 0 N–H and O–H groups in total. The lowest BCUT2D eigenvalue weighted by Crippen LogP contribution is -2.02. The Labute approximate surface area is 88.2 Å². The molecule has 1 aromatic carbocycles. The van der Waals surface area contributed by atoms with Gasteiger partial charge < -0.3 is 5.53 Å². The number of hydrogen-bond acceptors (Lipinski definition) is 0. The number of rotatable bonds is 0. The van der Waals surface area contributed by atoms with Gasteiger partial charge in [-0.2, -0.15) is 4.79 Å². The first-order chi connectivity index (χ1) is 7.38. The molecule has 0 amide bonds. The molecule has 3 rings (SSSR count). The largest absolute Gasteiger partial charge is 0.361 e. The van der Waals surface area contributed by atoms with Crippen LogP contribution >= 0.6 is 0 Å². The first-order valence-electron chi connectivity index (χ1n) is 5.08. The SMILES string of the molecule is [N-]=[N+]=C1C=CC2=C(C1)Cc1ccccc12. The molecule has 0 spiro atoms. The Hall–Kier alpha value is -1.92. The van der Waals surface area contributed by atoms with Crippen molar-refractivity contribution in [1.82, 2.24) is 0 Å². The van der Waals surface area contributed by atoms with Gasteiger partial charge in [-0.25, -0.2) is 0 Å². The quantitative estimate of drug-likeness (QED) is 0.449. The topological polar surface area (TPSA) is 36.4 Å². The number of nitrogens with zero attached hydrogens (tertiary/aromatic N) is 2. The molecule has 2 nitrogen and oxygen atoms in total. The van der Waals surface area contributed by atoms with Crippen molar-refractivity contribution in [3.05, 3.63) is 58.6 Å². The van der Waals surface area contributed by atoms with Crippen LogP contribution < -0.4 is 0 Å². The maximum absolute atomic E-state index is 8.74. The zero-order valence-electron chi connectivity index (χ0n) is 8.27. The smallest absolute Gasteiger partial charge is 0.296 e. The van der Waals surface area contributed by atoms with Gasteiger partial charge in [0.2, 0.25) is 0 Å². The Bertz CT molecular complexity index is 543. The van der Waals surface area contributed by atoms with Gasteiger partial charge in [-0.15, -0.1) is 0 Å². The Morgan fingerprint density at radius 1 is 1.07 bits per heavy atom. The van der Waals surface area contributed by atoms with E-state index in [-0.39, 0.29) is 0 Å². The van der Waals surface area contributed by atoms with E-state index in [0.717, 1.165) is 18.6 Å². The Morgan fingerprint density at radius 3 is 2.80 bits per heavy atom. The maximum atomic E-state index is 8.74. The Balaban J connectivity index is 2.11. The minimum Gasteiger partial charge on any atom is -0.361 e. The lowest BCUT2D eigenvalue weighted by molar-refractivity contribution is -0.00559.